The molecule has 0 radical (unpaired) electrons. The molecule has 4 heteroatoms. The van der Waals surface area contributed by atoms with Gasteiger partial charge in [0.05, 0.1) is 11.4 Å². The summed E-state index contributed by atoms with van der Waals surface area (Å²) >= 11 is 3.46. The van der Waals surface area contributed by atoms with Gasteiger partial charge in [0.15, 0.2) is 5.82 Å². The summed E-state index contributed by atoms with van der Waals surface area (Å²) in [5, 5.41) is 3.39. The number of aromatic nitrogens is 2. The highest BCUT2D eigenvalue weighted by molar-refractivity contribution is 9.10. The van der Waals surface area contributed by atoms with Gasteiger partial charge in [-0.15, -0.1) is 0 Å². The van der Waals surface area contributed by atoms with Crippen LogP contribution in [0, 0.1) is 0 Å². The highest BCUT2D eigenvalue weighted by Gasteiger charge is 2.31. The molecular weight excluding hydrogens is 302 g/mol. The molecule has 0 atom stereocenters. The third-order valence-electron chi connectivity index (χ3n) is 3.79. The molecule has 1 aliphatic heterocycles. The molecule has 3 nitrogen and oxygen atoms in total. The summed E-state index contributed by atoms with van der Waals surface area (Å²) in [4.78, 5) is 9.57. The first-order chi connectivity index (χ1) is 9.31. The zero-order valence-electron chi connectivity index (χ0n) is 10.5. The molecule has 2 heterocycles. The average molecular weight is 316 g/mol. The lowest BCUT2D eigenvalue weighted by molar-refractivity contribution is 0.755. The third-order valence-corrected chi connectivity index (χ3v) is 4.31. The molecule has 0 saturated heterocycles. The maximum absolute atomic E-state index is 4.84. The van der Waals surface area contributed by atoms with E-state index in [1.807, 2.05) is 12.1 Å². The van der Waals surface area contributed by atoms with Crippen LogP contribution in [0.15, 0.2) is 28.7 Å². The van der Waals surface area contributed by atoms with Crippen molar-refractivity contribution in [3.63, 3.8) is 0 Å². The molecule has 19 heavy (non-hydrogen) atoms. The highest BCUT2D eigenvalue weighted by Crippen LogP contribution is 2.42. The molecule has 2 aliphatic rings. The van der Waals surface area contributed by atoms with E-state index in [0.717, 1.165) is 29.0 Å². The summed E-state index contributed by atoms with van der Waals surface area (Å²) in [6.45, 7) is 1.81. The van der Waals surface area contributed by atoms with E-state index in [1.165, 1.54) is 29.8 Å². The Kier molecular flexibility index (Phi) is 2.67. The van der Waals surface area contributed by atoms with Crippen LogP contribution in [0.4, 0.5) is 0 Å². The summed E-state index contributed by atoms with van der Waals surface area (Å²) in [5.74, 6) is 1.54. The van der Waals surface area contributed by atoms with Crippen molar-refractivity contribution in [2.75, 3.05) is 0 Å². The molecule has 96 valence electrons. The molecule has 2 aromatic rings. The van der Waals surface area contributed by atoms with Crippen LogP contribution >= 0.6 is 15.9 Å². The Balaban J connectivity index is 1.84. The monoisotopic (exact) mass is 315 g/mol. The predicted octanol–water partition coefficient (Wildman–Crippen LogP) is 3.39. The quantitative estimate of drug-likeness (QED) is 0.923. The minimum Gasteiger partial charge on any atom is -0.307 e. The third kappa shape index (κ3) is 2.09. The van der Waals surface area contributed by atoms with E-state index in [2.05, 4.69) is 33.4 Å². The van der Waals surface area contributed by atoms with E-state index >= 15 is 0 Å². The number of hydrogen-bond acceptors (Lipinski definition) is 3. The zero-order chi connectivity index (χ0) is 12.8. The summed E-state index contributed by atoms with van der Waals surface area (Å²) in [5.41, 5.74) is 4.92. The van der Waals surface area contributed by atoms with Gasteiger partial charge < -0.3 is 5.32 Å². The summed E-state index contributed by atoms with van der Waals surface area (Å²) < 4.78 is 1.08. The average Bonchev–Trinajstić information content (AvgIpc) is 3.16. The fraction of sp³-hybridized carbons (Fsp3) is 0.333. The van der Waals surface area contributed by atoms with E-state index in [1.54, 1.807) is 0 Å². The van der Waals surface area contributed by atoms with Crippen molar-refractivity contribution in [1.29, 1.82) is 0 Å². The Morgan fingerprint density at radius 1 is 1.05 bits per heavy atom. The lowest BCUT2D eigenvalue weighted by Crippen LogP contribution is -2.02. The summed E-state index contributed by atoms with van der Waals surface area (Å²) in [6, 6.07) is 8.23. The number of hydrogen-bond donors (Lipinski definition) is 1. The molecule has 1 N–H and O–H groups in total. The minimum absolute atomic E-state index is 0.672. The number of nitrogens with zero attached hydrogens (tertiary/aromatic N) is 2. The van der Waals surface area contributed by atoms with E-state index in [0.29, 0.717) is 5.92 Å². The number of benzene rings is 1. The van der Waals surface area contributed by atoms with Gasteiger partial charge in [-0.1, -0.05) is 28.1 Å². The van der Waals surface area contributed by atoms with Gasteiger partial charge in [0.2, 0.25) is 0 Å². The highest BCUT2D eigenvalue weighted by atomic mass is 79.9. The fourth-order valence-electron chi connectivity index (χ4n) is 2.62. The Morgan fingerprint density at radius 3 is 2.58 bits per heavy atom. The van der Waals surface area contributed by atoms with Crippen molar-refractivity contribution >= 4 is 15.9 Å². The van der Waals surface area contributed by atoms with Crippen LogP contribution in [-0.4, -0.2) is 9.97 Å². The molecule has 0 amide bonds. The molecule has 1 aromatic heterocycles. The Bertz CT molecular complexity index is 633. The van der Waals surface area contributed by atoms with Crippen molar-refractivity contribution in [2.45, 2.75) is 31.8 Å². The lowest BCUT2D eigenvalue weighted by Gasteiger charge is -2.09. The number of fused-ring (bicyclic) bond motifs is 1. The van der Waals surface area contributed by atoms with Gasteiger partial charge in [-0.05, 0) is 25.0 Å². The van der Waals surface area contributed by atoms with Crippen LogP contribution in [0.3, 0.4) is 0 Å². The van der Waals surface area contributed by atoms with E-state index in [-0.39, 0.29) is 0 Å². The molecule has 1 fully saturated rings. The van der Waals surface area contributed by atoms with Gasteiger partial charge in [0, 0.05) is 34.6 Å². The standard InChI is InChI=1S/C15H14BrN3/c16-11-5-3-10(4-6-11)15-18-13-8-17-7-12(13)14(19-15)9-1-2-9/h3-6,9,17H,1-2,7-8H2. The van der Waals surface area contributed by atoms with Gasteiger partial charge in [0.25, 0.3) is 0 Å². The molecule has 1 saturated carbocycles. The van der Waals surface area contributed by atoms with Crippen LogP contribution in [0.2, 0.25) is 0 Å². The smallest absolute Gasteiger partial charge is 0.159 e. The molecule has 1 aliphatic carbocycles. The van der Waals surface area contributed by atoms with E-state index in [4.69, 9.17) is 9.97 Å². The van der Waals surface area contributed by atoms with Gasteiger partial charge >= 0.3 is 0 Å². The number of nitrogens with one attached hydrogen (secondary N) is 1. The van der Waals surface area contributed by atoms with Crippen molar-refractivity contribution in [3.8, 4) is 11.4 Å². The van der Waals surface area contributed by atoms with Crippen molar-refractivity contribution in [3.05, 3.63) is 45.7 Å². The van der Waals surface area contributed by atoms with Crippen molar-refractivity contribution in [2.24, 2.45) is 0 Å². The number of halogens is 1. The molecule has 0 spiro atoms. The van der Waals surface area contributed by atoms with Gasteiger partial charge in [-0.25, -0.2) is 9.97 Å². The predicted molar refractivity (Wildman–Crippen MR) is 77.7 cm³/mol. The van der Waals surface area contributed by atoms with Crippen LogP contribution in [0.1, 0.15) is 35.7 Å². The Hall–Kier alpha value is -1.26. The fourth-order valence-corrected chi connectivity index (χ4v) is 2.88. The van der Waals surface area contributed by atoms with Crippen LogP contribution < -0.4 is 5.32 Å². The normalized spacial score (nSPS) is 17.5. The lowest BCUT2D eigenvalue weighted by atomic mass is 10.1. The summed E-state index contributed by atoms with van der Waals surface area (Å²) in [6.07, 6.45) is 2.56. The van der Waals surface area contributed by atoms with E-state index < -0.39 is 0 Å². The molecule has 4 rings (SSSR count). The number of rotatable bonds is 2. The molecule has 0 bridgehead atoms. The second kappa shape index (κ2) is 4.39. The Morgan fingerprint density at radius 2 is 1.84 bits per heavy atom. The van der Waals surface area contributed by atoms with Gasteiger partial charge in [0.1, 0.15) is 0 Å². The van der Waals surface area contributed by atoms with Crippen LogP contribution in [0.25, 0.3) is 11.4 Å². The first-order valence-electron chi connectivity index (χ1n) is 6.67. The second-order valence-electron chi connectivity index (χ2n) is 5.24. The van der Waals surface area contributed by atoms with Crippen LogP contribution in [0.5, 0.6) is 0 Å². The summed E-state index contributed by atoms with van der Waals surface area (Å²) in [7, 11) is 0. The van der Waals surface area contributed by atoms with Gasteiger partial charge in [-0.2, -0.15) is 0 Å². The first-order valence-corrected chi connectivity index (χ1v) is 7.47. The van der Waals surface area contributed by atoms with Gasteiger partial charge in [-0.3, -0.25) is 0 Å². The second-order valence-corrected chi connectivity index (χ2v) is 6.16. The van der Waals surface area contributed by atoms with Crippen molar-refractivity contribution in [1.82, 2.24) is 15.3 Å². The minimum atomic E-state index is 0.672. The molecular formula is C15H14BrN3. The molecule has 0 unspecified atom stereocenters. The van der Waals surface area contributed by atoms with E-state index in [9.17, 15) is 0 Å². The van der Waals surface area contributed by atoms with Crippen molar-refractivity contribution < 1.29 is 0 Å². The maximum atomic E-state index is 4.84. The van der Waals surface area contributed by atoms with Crippen LogP contribution in [-0.2, 0) is 13.1 Å². The Labute approximate surface area is 120 Å². The first kappa shape index (κ1) is 11.6. The topological polar surface area (TPSA) is 37.8 Å². The largest absolute Gasteiger partial charge is 0.307 e. The molecule has 1 aromatic carbocycles. The SMILES string of the molecule is Brc1ccc(-c2nc3c(c(C4CC4)n2)CNC3)cc1. The zero-order valence-corrected chi connectivity index (χ0v) is 12.1. The maximum Gasteiger partial charge on any atom is 0.159 e.